The van der Waals surface area contributed by atoms with Crippen LogP contribution >= 0.6 is 0 Å². The summed E-state index contributed by atoms with van der Waals surface area (Å²) < 4.78 is 32.4. The van der Waals surface area contributed by atoms with Gasteiger partial charge in [0.15, 0.2) is 0 Å². The fourth-order valence-electron chi connectivity index (χ4n) is 2.41. The van der Waals surface area contributed by atoms with E-state index in [-0.39, 0.29) is 22.6 Å². The summed E-state index contributed by atoms with van der Waals surface area (Å²) >= 11 is 0. The average molecular weight is 299 g/mol. The maximum atomic E-state index is 12.3. The lowest BCUT2D eigenvalue weighted by molar-refractivity contribution is 0.0696. The van der Waals surface area contributed by atoms with Gasteiger partial charge in [-0.3, -0.25) is 0 Å². The van der Waals surface area contributed by atoms with E-state index < -0.39 is 16.0 Å². The Morgan fingerprint density at radius 2 is 2.15 bits per heavy atom. The second-order valence-electron chi connectivity index (χ2n) is 4.77. The van der Waals surface area contributed by atoms with Crippen LogP contribution in [0.25, 0.3) is 0 Å². The molecule has 2 rings (SSSR count). The molecule has 6 nitrogen and oxygen atoms in total. The number of nitrogens with one attached hydrogen (secondary N) is 1. The molecule has 0 heterocycles. The normalized spacial score (nSPS) is 22.9. The number of ether oxygens (including phenoxy) is 1. The van der Waals surface area contributed by atoms with E-state index in [1.165, 1.54) is 18.2 Å². The number of aromatic carboxylic acids is 1. The molecule has 1 saturated carbocycles. The Morgan fingerprint density at radius 1 is 1.40 bits per heavy atom. The summed E-state index contributed by atoms with van der Waals surface area (Å²) in [7, 11) is -2.18. The molecule has 0 radical (unpaired) electrons. The molecular weight excluding hydrogens is 282 g/mol. The molecular formula is C13H17NO5S. The second-order valence-corrected chi connectivity index (χ2v) is 6.48. The molecule has 1 aliphatic rings. The van der Waals surface area contributed by atoms with Gasteiger partial charge in [-0.05, 0) is 37.5 Å². The Bertz CT molecular complexity index is 599. The van der Waals surface area contributed by atoms with Crippen molar-refractivity contribution in [2.75, 3.05) is 7.11 Å². The number of benzene rings is 1. The first kappa shape index (κ1) is 15.0. The van der Waals surface area contributed by atoms with E-state index in [9.17, 15) is 13.2 Å². The van der Waals surface area contributed by atoms with Gasteiger partial charge in [0, 0.05) is 13.2 Å². The third-order valence-corrected chi connectivity index (χ3v) is 4.94. The van der Waals surface area contributed by atoms with Gasteiger partial charge >= 0.3 is 5.97 Å². The van der Waals surface area contributed by atoms with E-state index in [1.54, 1.807) is 7.11 Å². The minimum atomic E-state index is -3.74. The van der Waals surface area contributed by atoms with Crippen molar-refractivity contribution in [3.8, 4) is 0 Å². The topological polar surface area (TPSA) is 92.7 Å². The molecule has 0 aliphatic heterocycles. The summed E-state index contributed by atoms with van der Waals surface area (Å²) in [5.41, 5.74) is -0.0532. The highest BCUT2D eigenvalue weighted by atomic mass is 32.2. The van der Waals surface area contributed by atoms with Crippen molar-refractivity contribution >= 4 is 16.0 Å². The lowest BCUT2D eigenvalue weighted by Crippen LogP contribution is -2.40. The molecule has 0 amide bonds. The smallest absolute Gasteiger partial charge is 0.335 e. The minimum absolute atomic E-state index is 0.0425. The largest absolute Gasteiger partial charge is 0.478 e. The molecule has 20 heavy (non-hydrogen) atoms. The zero-order valence-corrected chi connectivity index (χ0v) is 11.9. The monoisotopic (exact) mass is 299 g/mol. The molecule has 2 atom stereocenters. The minimum Gasteiger partial charge on any atom is -0.478 e. The summed E-state index contributed by atoms with van der Waals surface area (Å²) in [6.45, 7) is 0. The Kier molecular flexibility index (Phi) is 4.42. The Balaban J connectivity index is 2.22. The van der Waals surface area contributed by atoms with Gasteiger partial charge in [-0.1, -0.05) is 6.07 Å². The van der Waals surface area contributed by atoms with Gasteiger partial charge in [-0.2, -0.15) is 0 Å². The lowest BCUT2D eigenvalue weighted by Gasteiger charge is -2.19. The average Bonchev–Trinajstić information content (AvgIpc) is 2.85. The summed E-state index contributed by atoms with van der Waals surface area (Å²) in [4.78, 5) is 10.8. The summed E-state index contributed by atoms with van der Waals surface area (Å²) in [6, 6.07) is 5.04. The maximum Gasteiger partial charge on any atom is 0.335 e. The van der Waals surface area contributed by atoms with E-state index in [0.29, 0.717) is 0 Å². The third kappa shape index (κ3) is 3.17. The predicted molar refractivity (Wildman–Crippen MR) is 72.2 cm³/mol. The van der Waals surface area contributed by atoms with Crippen molar-refractivity contribution in [1.29, 1.82) is 0 Å². The molecule has 2 unspecified atom stereocenters. The highest BCUT2D eigenvalue weighted by Crippen LogP contribution is 2.23. The summed E-state index contributed by atoms with van der Waals surface area (Å²) in [6.07, 6.45) is 2.31. The third-order valence-electron chi connectivity index (χ3n) is 3.45. The molecule has 2 N–H and O–H groups in total. The van der Waals surface area contributed by atoms with Crippen molar-refractivity contribution in [1.82, 2.24) is 4.72 Å². The molecule has 0 bridgehead atoms. The molecule has 1 fully saturated rings. The van der Waals surface area contributed by atoms with Crippen LogP contribution in [0.5, 0.6) is 0 Å². The highest BCUT2D eigenvalue weighted by molar-refractivity contribution is 7.89. The van der Waals surface area contributed by atoms with Crippen molar-refractivity contribution < 1.29 is 23.1 Å². The molecule has 7 heteroatoms. The first-order valence-electron chi connectivity index (χ1n) is 6.32. The molecule has 1 aromatic rings. The lowest BCUT2D eigenvalue weighted by atomic mass is 10.2. The number of carbonyl (C=O) groups is 1. The van der Waals surface area contributed by atoms with E-state index in [2.05, 4.69) is 4.72 Å². The van der Waals surface area contributed by atoms with Crippen LogP contribution in [0, 0.1) is 0 Å². The van der Waals surface area contributed by atoms with Crippen LogP contribution in [0.1, 0.15) is 29.6 Å². The van der Waals surface area contributed by atoms with Crippen molar-refractivity contribution in [3.05, 3.63) is 29.8 Å². The number of carboxylic acids is 1. The zero-order valence-electron chi connectivity index (χ0n) is 11.1. The van der Waals surface area contributed by atoms with Crippen LogP contribution in [0.15, 0.2) is 29.2 Å². The van der Waals surface area contributed by atoms with Gasteiger partial charge in [0.25, 0.3) is 0 Å². The molecule has 0 saturated heterocycles. The van der Waals surface area contributed by atoms with Crippen LogP contribution in [-0.2, 0) is 14.8 Å². The first-order valence-corrected chi connectivity index (χ1v) is 7.81. The standard InChI is InChI=1S/C13H17NO5S/c1-19-12-7-3-6-11(12)14-20(17,18)10-5-2-4-9(8-10)13(15)16/h2,4-5,8,11-12,14H,3,6-7H2,1H3,(H,15,16). The number of carboxylic acid groups (broad SMARTS) is 1. The SMILES string of the molecule is COC1CCCC1NS(=O)(=O)c1cccc(C(=O)O)c1. The molecule has 0 spiro atoms. The number of hydrogen-bond acceptors (Lipinski definition) is 4. The van der Waals surface area contributed by atoms with E-state index in [0.717, 1.165) is 25.3 Å². The maximum absolute atomic E-state index is 12.3. The number of sulfonamides is 1. The van der Waals surface area contributed by atoms with Crippen LogP contribution in [-0.4, -0.2) is 38.7 Å². The van der Waals surface area contributed by atoms with Crippen LogP contribution in [0.3, 0.4) is 0 Å². The molecule has 1 aliphatic carbocycles. The Labute approximate surface area is 117 Å². The predicted octanol–water partition coefficient (Wildman–Crippen LogP) is 1.23. The number of rotatable bonds is 5. The van der Waals surface area contributed by atoms with E-state index >= 15 is 0 Å². The van der Waals surface area contributed by atoms with Crippen LogP contribution in [0.2, 0.25) is 0 Å². The van der Waals surface area contributed by atoms with Gasteiger partial charge in [-0.15, -0.1) is 0 Å². The van der Waals surface area contributed by atoms with Crippen molar-refractivity contribution in [2.45, 2.75) is 36.3 Å². The first-order chi connectivity index (χ1) is 9.44. The van der Waals surface area contributed by atoms with Crippen LogP contribution in [0.4, 0.5) is 0 Å². The van der Waals surface area contributed by atoms with Gasteiger partial charge in [0.2, 0.25) is 10.0 Å². The summed E-state index contributed by atoms with van der Waals surface area (Å²) in [5.74, 6) is -1.15. The Hall–Kier alpha value is -1.44. The summed E-state index contributed by atoms with van der Waals surface area (Å²) in [5, 5.41) is 8.90. The molecule has 1 aromatic carbocycles. The fraction of sp³-hybridized carbons (Fsp3) is 0.462. The Morgan fingerprint density at radius 3 is 2.80 bits per heavy atom. The quantitative estimate of drug-likeness (QED) is 0.853. The van der Waals surface area contributed by atoms with E-state index in [4.69, 9.17) is 9.84 Å². The van der Waals surface area contributed by atoms with E-state index in [1.807, 2.05) is 0 Å². The molecule has 110 valence electrons. The fourth-order valence-corrected chi connectivity index (χ4v) is 3.75. The highest BCUT2D eigenvalue weighted by Gasteiger charge is 2.31. The zero-order chi connectivity index (χ0) is 14.8. The van der Waals surface area contributed by atoms with Gasteiger partial charge < -0.3 is 9.84 Å². The number of methoxy groups -OCH3 is 1. The van der Waals surface area contributed by atoms with Gasteiger partial charge in [0.05, 0.1) is 16.6 Å². The number of hydrogen-bond donors (Lipinski definition) is 2. The van der Waals surface area contributed by atoms with Crippen molar-refractivity contribution in [3.63, 3.8) is 0 Å². The van der Waals surface area contributed by atoms with Crippen molar-refractivity contribution in [2.24, 2.45) is 0 Å². The molecule has 0 aromatic heterocycles. The van der Waals surface area contributed by atoms with Crippen LogP contribution < -0.4 is 4.72 Å². The van der Waals surface area contributed by atoms with Gasteiger partial charge in [-0.25, -0.2) is 17.9 Å². The van der Waals surface area contributed by atoms with Gasteiger partial charge in [0.1, 0.15) is 0 Å². The second kappa shape index (κ2) is 5.90.